The Morgan fingerprint density at radius 1 is 1.04 bits per heavy atom. The van der Waals surface area contributed by atoms with Gasteiger partial charge in [-0.3, -0.25) is 0 Å². The Morgan fingerprint density at radius 3 is 2.39 bits per heavy atom. The van der Waals surface area contributed by atoms with Gasteiger partial charge in [0.25, 0.3) is 0 Å². The zero-order valence-electron chi connectivity index (χ0n) is 15.7. The first kappa shape index (κ1) is 19.6. The maximum absolute atomic E-state index is 12.3. The van der Waals surface area contributed by atoms with Gasteiger partial charge in [0.2, 0.25) is 0 Å². The molecule has 2 N–H and O–H groups in total. The van der Waals surface area contributed by atoms with E-state index in [9.17, 15) is 9.59 Å². The first-order valence-electron chi connectivity index (χ1n) is 8.89. The maximum Gasteiger partial charge on any atom is 0.343 e. The minimum atomic E-state index is -0.490. The van der Waals surface area contributed by atoms with Gasteiger partial charge in [-0.05, 0) is 48.7 Å². The lowest BCUT2D eigenvalue weighted by molar-refractivity contribution is -0.129. The maximum atomic E-state index is 12.3. The Morgan fingerprint density at radius 2 is 1.75 bits per heavy atom. The lowest BCUT2D eigenvalue weighted by Gasteiger charge is -2.18. The summed E-state index contributed by atoms with van der Waals surface area (Å²) < 4.78 is 10.8. The second kappa shape index (κ2) is 8.27. The number of carbonyl (C=O) groups excluding carboxylic acids is 2. The molecular weight excluding hydrogens is 353 g/mol. The van der Waals surface area contributed by atoms with Gasteiger partial charge in [-0.15, -0.1) is 0 Å². The Labute approximate surface area is 165 Å². The van der Waals surface area contributed by atoms with E-state index < -0.39 is 11.9 Å². The first-order valence-corrected chi connectivity index (χ1v) is 8.89. The van der Waals surface area contributed by atoms with Gasteiger partial charge in [-0.25, -0.2) is 9.59 Å². The molecule has 5 nitrogen and oxygen atoms in total. The normalized spacial score (nSPS) is 18.3. The number of aryl methyl sites for hydroxylation is 1. The van der Waals surface area contributed by atoms with Gasteiger partial charge in [0.1, 0.15) is 19.3 Å². The van der Waals surface area contributed by atoms with Gasteiger partial charge in [-0.1, -0.05) is 42.7 Å². The van der Waals surface area contributed by atoms with Crippen molar-refractivity contribution in [3.8, 4) is 11.5 Å². The highest BCUT2D eigenvalue weighted by atomic mass is 16.5. The number of hydrogen-bond acceptors (Lipinski definition) is 5. The Balaban J connectivity index is 1.68. The van der Waals surface area contributed by atoms with Crippen LogP contribution in [-0.4, -0.2) is 25.8 Å². The zero-order valence-corrected chi connectivity index (χ0v) is 15.7. The van der Waals surface area contributed by atoms with Crippen LogP contribution in [0.5, 0.6) is 11.5 Å². The molecule has 0 amide bonds. The summed E-state index contributed by atoms with van der Waals surface area (Å²) in [6.07, 6.45) is 5.25. The third-order valence-electron chi connectivity index (χ3n) is 4.49. The predicted molar refractivity (Wildman–Crippen MR) is 108 cm³/mol. The van der Waals surface area contributed by atoms with E-state index in [1.165, 1.54) is 0 Å². The highest BCUT2D eigenvalue weighted by Gasteiger charge is 2.19. The number of ether oxygens (including phenoxy) is 2. The van der Waals surface area contributed by atoms with E-state index >= 15 is 0 Å². The highest BCUT2D eigenvalue weighted by molar-refractivity contribution is 6.32. The van der Waals surface area contributed by atoms with Crippen molar-refractivity contribution in [2.75, 3.05) is 0 Å². The second-order valence-electron chi connectivity index (χ2n) is 6.75. The first-order chi connectivity index (χ1) is 13.3. The number of nitrogens with two attached hydrogens (primary N) is 1. The van der Waals surface area contributed by atoms with E-state index in [2.05, 4.69) is 0 Å². The average Bonchev–Trinajstić information content (AvgIpc) is 2.66. The minimum absolute atomic E-state index is 0.0596. The average molecular weight is 373 g/mol. The molecule has 0 aliphatic heterocycles. The smallest absolute Gasteiger partial charge is 0.343 e. The third kappa shape index (κ3) is 4.59. The summed E-state index contributed by atoms with van der Waals surface area (Å²) in [6.45, 7) is 3.71. The summed E-state index contributed by atoms with van der Waals surface area (Å²) in [6, 6.07) is 11.2. The second-order valence-corrected chi connectivity index (χ2v) is 6.75. The molecule has 2 aromatic rings. The standard InChI is InChI=1S/C22H20BNO4/c1-13-11-16(5-9-19(13)24)22(26)27-18-8-10-20(14(2)12-18)28-21(25)15-3-6-17(23)7-4-15/h3-13,19H,24H2,1-2H3. The largest absolute Gasteiger partial charge is 0.423 e. The number of rotatable bonds is 4. The number of benzene rings is 2. The van der Waals surface area contributed by atoms with E-state index in [0.29, 0.717) is 33.7 Å². The number of hydrogen-bond donors (Lipinski definition) is 1. The molecule has 0 saturated carbocycles. The van der Waals surface area contributed by atoms with Gasteiger partial charge in [0, 0.05) is 6.04 Å². The SMILES string of the molecule is [B]c1ccc(C(=O)Oc2ccc(OC(=O)C3=CC(C)C(N)C=C3)cc2C)cc1. The number of esters is 2. The van der Waals surface area contributed by atoms with Crippen LogP contribution in [0.15, 0.2) is 66.3 Å². The van der Waals surface area contributed by atoms with Crippen LogP contribution >= 0.6 is 0 Å². The number of carbonyl (C=O) groups is 2. The molecule has 0 saturated heterocycles. The fourth-order valence-electron chi connectivity index (χ4n) is 2.72. The molecule has 1 aliphatic rings. The van der Waals surface area contributed by atoms with E-state index in [1.54, 1.807) is 67.6 Å². The van der Waals surface area contributed by atoms with Crippen molar-refractivity contribution in [3.05, 3.63) is 77.4 Å². The molecule has 28 heavy (non-hydrogen) atoms. The van der Waals surface area contributed by atoms with Crippen molar-refractivity contribution in [2.24, 2.45) is 11.7 Å². The van der Waals surface area contributed by atoms with Crippen molar-refractivity contribution in [1.82, 2.24) is 0 Å². The lowest BCUT2D eigenvalue weighted by atomic mass is 9.94. The van der Waals surface area contributed by atoms with E-state index in [-0.39, 0.29) is 12.0 Å². The Hall–Kier alpha value is -3.12. The van der Waals surface area contributed by atoms with Crippen LogP contribution in [0.25, 0.3) is 0 Å². The van der Waals surface area contributed by atoms with Gasteiger partial charge in [-0.2, -0.15) is 0 Å². The highest BCUT2D eigenvalue weighted by Crippen LogP contribution is 2.25. The molecule has 140 valence electrons. The Bertz CT molecular complexity index is 963. The monoisotopic (exact) mass is 373 g/mol. The Kier molecular flexibility index (Phi) is 5.80. The van der Waals surface area contributed by atoms with Crippen LogP contribution in [-0.2, 0) is 4.79 Å². The van der Waals surface area contributed by atoms with Crippen LogP contribution in [0.1, 0.15) is 22.8 Å². The van der Waals surface area contributed by atoms with Crippen LogP contribution in [0, 0.1) is 12.8 Å². The summed E-state index contributed by atoms with van der Waals surface area (Å²) in [5.74, 6) is -0.134. The molecule has 2 unspecified atom stereocenters. The molecule has 6 heteroatoms. The molecule has 0 aromatic heterocycles. The lowest BCUT2D eigenvalue weighted by Crippen LogP contribution is -2.28. The summed E-state index contributed by atoms with van der Waals surface area (Å²) in [5, 5.41) is 0. The molecule has 3 rings (SSSR count). The topological polar surface area (TPSA) is 78.6 Å². The van der Waals surface area contributed by atoms with Crippen molar-refractivity contribution in [2.45, 2.75) is 19.9 Å². The summed E-state index contributed by atoms with van der Waals surface area (Å²) in [5.41, 5.74) is 7.98. The van der Waals surface area contributed by atoms with Gasteiger partial charge >= 0.3 is 11.9 Å². The molecular formula is C22H20BNO4. The molecule has 1 aliphatic carbocycles. The molecule has 0 bridgehead atoms. The van der Waals surface area contributed by atoms with E-state index in [1.807, 2.05) is 6.92 Å². The van der Waals surface area contributed by atoms with Crippen molar-refractivity contribution in [3.63, 3.8) is 0 Å². The molecule has 2 aromatic carbocycles. The van der Waals surface area contributed by atoms with Crippen molar-refractivity contribution < 1.29 is 19.1 Å². The molecule has 0 spiro atoms. The predicted octanol–water partition coefficient (Wildman–Crippen LogP) is 2.37. The zero-order chi connectivity index (χ0) is 20.3. The van der Waals surface area contributed by atoms with Gasteiger partial charge in [0.05, 0.1) is 11.1 Å². The molecule has 2 atom stereocenters. The van der Waals surface area contributed by atoms with Gasteiger partial charge < -0.3 is 15.2 Å². The molecule has 0 fully saturated rings. The quantitative estimate of drug-likeness (QED) is 0.506. The van der Waals surface area contributed by atoms with Crippen LogP contribution in [0.3, 0.4) is 0 Å². The van der Waals surface area contributed by atoms with E-state index in [4.69, 9.17) is 23.1 Å². The van der Waals surface area contributed by atoms with Crippen LogP contribution in [0.2, 0.25) is 0 Å². The summed E-state index contributed by atoms with van der Waals surface area (Å²) in [7, 11) is 5.62. The van der Waals surface area contributed by atoms with E-state index in [0.717, 1.165) is 0 Å². The minimum Gasteiger partial charge on any atom is -0.423 e. The fourth-order valence-corrected chi connectivity index (χ4v) is 2.72. The third-order valence-corrected chi connectivity index (χ3v) is 4.49. The van der Waals surface area contributed by atoms with Crippen molar-refractivity contribution in [1.29, 1.82) is 0 Å². The molecule has 2 radical (unpaired) electrons. The van der Waals surface area contributed by atoms with Gasteiger partial charge in [0.15, 0.2) is 0 Å². The summed E-state index contributed by atoms with van der Waals surface area (Å²) >= 11 is 0. The van der Waals surface area contributed by atoms with Crippen LogP contribution < -0.4 is 20.7 Å². The summed E-state index contributed by atoms with van der Waals surface area (Å²) in [4.78, 5) is 24.6. The molecule has 0 heterocycles. The van der Waals surface area contributed by atoms with Crippen molar-refractivity contribution >= 4 is 25.2 Å². The fraction of sp³-hybridized carbons (Fsp3) is 0.182. The van der Waals surface area contributed by atoms with Crippen LogP contribution in [0.4, 0.5) is 0 Å².